The van der Waals surface area contributed by atoms with E-state index in [2.05, 4.69) is 6.92 Å². The van der Waals surface area contributed by atoms with E-state index in [1.807, 2.05) is 6.92 Å². The zero-order valence-corrected chi connectivity index (χ0v) is 9.27. The normalized spacial score (nSPS) is 43.9. The predicted molar refractivity (Wildman–Crippen MR) is 51.9 cm³/mol. The van der Waals surface area contributed by atoms with Crippen LogP contribution in [0.2, 0.25) is 0 Å². The van der Waals surface area contributed by atoms with Gasteiger partial charge in [-0.1, -0.05) is 13.8 Å². The lowest BCUT2D eigenvalue weighted by atomic mass is 9.86. The highest BCUT2D eigenvalue weighted by atomic mass is 16.6. The van der Waals surface area contributed by atoms with E-state index in [1.165, 1.54) is 0 Å². The van der Waals surface area contributed by atoms with Crippen LogP contribution < -0.4 is 0 Å². The van der Waals surface area contributed by atoms with Gasteiger partial charge in [-0.25, -0.2) is 0 Å². The first-order valence-electron chi connectivity index (χ1n) is 4.97. The van der Waals surface area contributed by atoms with Crippen molar-refractivity contribution in [2.24, 2.45) is 11.8 Å². The molecular formula is C10H20O4. The van der Waals surface area contributed by atoms with Gasteiger partial charge < -0.3 is 19.3 Å². The van der Waals surface area contributed by atoms with Gasteiger partial charge in [0.15, 0.2) is 6.29 Å². The molecular weight excluding hydrogens is 184 g/mol. The van der Waals surface area contributed by atoms with Gasteiger partial charge >= 0.3 is 0 Å². The Morgan fingerprint density at radius 1 is 1.21 bits per heavy atom. The van der Waals surface area contributed by atoms with Crippen molar-refractivity contribution in [2.45, 2.75) is 32.3 Å². The molecule has 1 rings (SSSR count). The smallest absolute Gasteiger partial charge is 0.160 e. The van der Waals surface area contributed by atoms with Crippen LogP contribution in [-0.4, -0.2) is 44.4 Å². The fraction of sp³-hybridized carbons (Fsp3) is 1.00. The lowest BCUT2D eigenvalue weighted by molar-refractivity contribution is -0.254. The summed E-state index contributed by atoms with van der Waals surface area (Å²) in [6.07, 6.45) is -0.814. The highest BCUT2D eigenvalue weighted by Crippen LogP contribution is 2.30. The number of ether oxygens (including phenoxy) is 3. The first kappa shape index (κ1) is 11.9. The van der Waals surface area contributed by atoms with Gasteiger partial charge in [-0.2, -0.15) is 0 Å². The number of methoxy groups -OCH3 is 2. The molecule has 1 fully saturated rings. The molecule has 5 atom stereocenters. The Bertz CT molecular complexity index is 174. The molecule has 0 saturated carbocycles. The van der Waals surface area contributed by atoms with Gasteiger partial charge in [0.05, 0.1) is 18.8 Å². The summed E-state index contributed by atoms with van der Waals surface area (Å²) in [5, 5.41) is 9.64. The summed E-state index contributed by atoms with van der Waals surface area (Å²) in [5.41, 5.74) is 0. The fourth-order valence-corrected chi connectivity index (χ4v) is 2.06. The molecule has 1 saturated heterocycles. The third-order valence-electron chi connectivity index (χ3n) is 2.99. The number of hydrogen-bond donors (Lipinski definition) is 1. The Morgan fingerprint density at radius 3 is 2.36 bits per heavy atom. The largest absolute Gasteiger partial charge is 0.382 e. The Hall–Kier alpha value is -0.160. The molecule has 0 aromatic rings. The summed E-state index contributed by atoms with van der Waals surface area (Å²) < 4.78 is 15.8. The minimum atomic E-state index is -0.753. The molecule has 1 N–H and O–H groups in total. The molecule has 1 aliphatic rings. The van der Waals surface area contributed by atoms with E-state index in [1.54, 1.807) is 14.2 Å². The molecule has 0 aromatic heterocycles. The van der Waals surface area contributed by atoms with Crippen molar-refractivity contribution in [1.82, 2.24) is 0 Å². The summed E-state index contributed by atoms with van der Waals surface area (Å²) in [6.45, 7) is 4.48. The molecule has 84 valence electrons. The minimum Gasteiger partial charge on any atom is -0.382 e. The number of rotatable bonds is 3. The summed E-state index contributed by atoms with van der Waals surface area (Å²) in [5.74, 6) is 0.237. The Morgan fingerprint density at radius 2 is 1.86 bits per heavy atom. The van der Waals surface area contributed by atoms with Gasteiger partial charge in [0.1, 0.15) is 0 Å². The number of hydrogen-bond acceptors (Lipinski definition) is 4. The van der Waals surface area contributed by atoms with E-state index in [0.717, 1.165) is 0 Å². The Labute approximate surface area is 85.2 Å². The second-order valence-electron chi connectivity index (χ2n) is 3.94. The highest BCUT2D eigenvalue weighted by Gasteiger charge is 2.40. The lowest BCUT2D eigenvalue weighted by Crippen LogP contribution is -2.51. The molecule has 4 heteroatoms. The summed E-state index contributed by atoms with van der Waals surface area (Å²) in [4.78, 5) is 0. The molecule has 0 radical (unpaired) electrons. The molecule has 1 heterocycles. The predicted octanol–water partition coefficient (Wildman–Crippen LogP) is 0.637. The number of aliphatic hydroxyl groups excluding tert-OH is 1. The maximum atomic E-state index is 9.64. The van der Waals surface area contributed by atoms with Crippen molar-refractivity contribution in [3.63, 3.8) is 0 Å². The van der Waals surface area contributed by atoms with Crippen LogP contribution >= 0.6 is 0 Å². The summed E-state index contributed by atoms with van der Waals surface area (Å²) in [6, 6.07) is 0. The molecule has 2 unspecified atom stereocenters. The van der Waals surface area contributed by atoms with E-state index in [9.17, 15) is 5.11 Å². The van der Waals surface area contributed by atoms with E-state index in [4.69, 9.17) is 14.2 Å². The van der Waals surface area contributed by atoms with Gasteiger partial charge in [-0.15, -0.1) is 0 Å². The van der Waals surface area contributed by atoms with E-state index in [0.29, 0.717) is 6.61 Å². The van der Waals surface area contributed by atoms with Crippen LogP contribution in [0, 0.1) is 11.8 Å². The standard InChI is InChI=1S/C10H20O4/c1-6-8(5-12-3)14-10(11)7(2)9(6)13-4/h6-11H,5H2,1-4H3/t6-,7-,8?,9+,10?/m1/s1. The first-order chi connectivity index (χ1) is 6.61. The highest BCUT2D eigenvalue weighted by molar-refractivity contribution is 4.85. The topological polar surface area (TPSA) is 47.9 Å². The van der Waals surface area contributed by atoms with Crippen molar-refractivity contribution in [3.8, 4) is 0 Å². The summed E-state index contributed by atoms with van der Waals surface area (Å²) >= 11 is 0. The quantitative estimate of drug-likeness (QED) is 0.732. The molecule has 1 aliphatic heterocycles. The van der Waals surface area contributed by atoms with Crippen molar-refractivity contribution < 1.29 is 19.3 Å². The SMILES string of the molecule is COCC1OC(O)[C@H](C)[C@@H](OC)[C@@H]1C. The zero-order valence-electron chi connectivity index (χ0n) is 9.27. The van der Waals surface area contributed by atoms with Crippen molar-refractivity contribution >= 4 is 0 Å². The van der Waals surface area contributed by atoms with Crippen LogP contribution in [0.25, 0.3) is 0 Å². The lowest BCUT2D eigenvalue weighted by Gasteiger charge is -2.41. The van der Waals surface area contributed by atoms with Crippen LogP contribution in [-0.2, 0) is 14.2 Å². The van der Waals surface area contributed by atoms with Crippen LogP contribution in [0.15, 0.2) is 0 Å². The van der Waals surface area contributed by atoms with Crippen molar-refractivity contribution in [2.75, 3.05) is 20.8 Å². The summed E-state index contributed by atoms with van der Waals surface area (Å²) in [7, 11) is 3.29. The molecule has 0 bridgehead atoms. The number of aliphatic hydroxyl groups is 1. The average molecular weight is 204 g/mol. The first-order valence-corrected chi connectivity index (χ1v) is 4.97. The van der Waals surface area contributed by atoms with Gasteiger partial charge in [-0.05, 0) is 0 Å². The Kier molecular flexibility index (Phi) is 4.31. The monoisotopic (exact) mass is 204 g/mol. The second-order valence-corrected chi connectivity index (χ2v) is 3.94. The molecule has 4 nitrogen and oxygen atoms in total. The second kappa shape index (κ2) is 5.07. The third-order valence-corrected chi connectivity index (χ3v) is 2.99. The fourth-order valence-electron chi connectivity index (χ4n) is 2.06. The van der Waals surface area contributed by atoms with Gasteiger partial charge in [0.2, 0.25) is 0 Å². The van der Waals surface area contributed by atoms with E-state index < -0.39 is 6.29 Å². The zero-order chi connectivity index (χ0) is 10.7. The van der Waals surface area contributed by atoms with Gasteiger partial charge in [-0.3, -0.25) is 0 Å². The van der Waals surface area contributed by atoms with Crippen LogP contribution in [0.5, 0.6) is 0 Å². The molecule has 0 amide bonds. The maximum Gasteiger partial charge on any atom is 0.160 e. The molecule has 0 aromatic carbocycles. The van der Waals surface area contributed by atoms with Crippen LogP contribution in [0.3, 0.4) is 0 Å². The maximum absolute atomic E-state index is 9.64. The van der Waals surface area contributed by atoms with Crippen LogP contribution in [0.4, 0.5) is 0 Å². The van der Waals surface area contributed by atoms with Gasteiger partial charge in [0, 0.05) is 26.1 Å². The third kappa shape index (κ3) is 2.25. The molecule has 0 spiro atoms. The molecule has 14 heavy (non-hydrogen) atoms. The van der Waals surface area contributed by atoms with Crippen molar-refractivity contribution in [3.05, 3.63) is 0 Å². The van der Waals surface area contributed by atoms with Crippen LogP contribution in [0.1, 0.15) is 13.8 Å². The van der Waals surface area contributed by atoms with E-state index >= 15 is 0 Å². The average Bonchev–Trinajstić information content (AvgIpc) is 2.16. The van der Waals surface area contributed by atoms with Gasteiger partial charge in [0.25, 0.3) is 0 Å². The Balaban J connectivity index is 2.65. The minimum absolute atomic E-state index is 0.00288. The van der Waals surface area contributed by atoms with E-state index in [-0.39, 0.29) is 24.0 Å². The van der Waals surface area contributed by atoms with Crippen molar-refractivity contribution in [1.29, 1.82) is 0 Å². The molecule has 0 aliphatic carbocycles.